The van der Waals surface area contributed by atoms with Gasteiger partial charge in [-0.25, -0.2) is 28.7 Å². The topological polar surface area (TPSA) is 108 Å². The molecular weight excluding hydrogens is 497 g/mol. The largest absolute Gasteiger partial charge is 0.419 e. The number of nitrogens with one attached hydrogen (secondary N) is 3. The Hall–Kier alpha value is -4.94. The monoisotopic (exact) mass is 511 g/mol. The third kappa shape index (κ3) is 4.78. The number of pyridine rings is 1. The van der Waals surface area contributed by atoms with Crippen molar-refractivity contribution in [2.24, 2.45) is 0 Å². The highest BCUT2D eigenvalue weighted by Gasteiger charge is 2.34. The number of aromatic amines is 1. The highest BCUT2D eigenvalue weighted by molar-refractivity contribution is 6.04. The van der Waals surface area contributed by atoms with E-state index >= 15 is 0 Å². The van der Waals surface area contributed by atoms with Crippen LogP contribution in [0, 0.1) is 11.6 Å². The number of halogens is 5. The standard InChI is InChI=1S/C24H14F5N7O/c25-16-5-3-12(8-15(16)24(27,28)29)23(37)36-18-9-13(4-6-17(18)26)35-21-14(2-1-7-30-21)19-20-22(33-10-31-19)34-11-32-20/h1-11H,(H,30,35)(H,36,37)(H,31,32,33,34). The van der Waals surface area contributed by atoms with Crippen LogP contribution in [0.4, 0.5) is 39.1 Å². The lowest BCUT2D eigenvalue weighted by atomic mass is 10.1. The number of imidazole rings is 1. The molecule has 3 N–H and O–H groups in total. The molecule has 37 heavy (non-hydrogen) atoms. The number of hydrogen-bond donors (Lipinski definition) is 3. The van der Waals surface area contributed by atoms with Crippen molar-refractivity contribution in [3.8, 4) is 11.3 Å². The smallest absolute Gasteiger partial charge is 0.340 e. The Morgan fingerprint density at radius 1 is 0.919 bits per heavy atom. The van der Waals surface area contributed by atoms with Gasteiger partial charge in [0.05, 0.1) is 17.6 Å². The van der Waals surface area contributed by atoms with Crippen LogP contribution in [0.2, 0.25) is 0 Å². The van der Waals surface area contributed by atoms with Gasteiger partial charge in [0.1, 0.15) is 35.0 Å². The zero-order valence-corrected chi connectivity index (χ0v) is 18.4. The molecular formula is C24H14F5N7O. The van der Waals surface area contributed by atoms with E-state index in [4.69, 9.17) is 0 Å². The summed E-state index contributed by atoms with van der Waals surface area (Å²) >= 11 is 0. The second kappa shape index (κ2) is 9.26. The average molecular weight is 511 g/mol. The molecule has 0 saturated carbocycles. The van der Waals surface area contributed by atoms with Crippen molar-refractivity contribution in [1.29, 1.82) is 0 Å². The van der Waals surface area contributed by atoms with E-state index in [1.165, 1.54) is 31.0 Å². The number of alkyl halides is 3. The number of anilines is 3. The van der Waals surface area contributed by atoms with Crippen LogP contribution >= 0.6 is 0 Å². The van der Waals surface area contributed by atoms with Crippen molar-refractivity contribution < 1.29 is 26.7 Å². The average Bonchev–Trinajstić information content (AvgIpc) is 3.35. The predicted octanol–water partition coefficient (Wildman–Crippen LogP) is 5.71. The van der Waals surface area contributed by atoms with Crippen molar-refractivity contribution in [3.05, 3.63) is 90.1 Å². The number of fused-ring (bicyclic) bond motifs is 1. The molecule has 8 nitrogen and oxygen atoms in total. The summed E-state index contributed by atoms with van der Waals surface area (Å²) < 4.78 is 67.1. The fourth-order valence-electron chi connectivity index (χ4n) is 3.57. The molecule has 0 radical (unpaired) electrons. The number of hydrogen-bond acceptors (Lipinski definition) is 6. The van der Waals surface area contributed by atoms with Gasteiger partial charge in [-0.05, 0) is 48.5 Å². The maximum atomic E-state index is 14.5. The number of amides is 1. The van der Waals surface area contributed by atoms with E-state index < -0.39 is 34.8 Å². The molecule has 0 saturated heterocycles. The van der Waals surface area contributed by atoms with Gasteiger partial charge in [-0.15, -0.1) is 0 Å². The lowest BCUT2D eigenvalue weighted by Crippen LogP contribution is -2.16. The van der Waals surface area contributed by atoms with E-state index in [-0.39, 0.29) is 5.69 Å². The van der Waals surface area contributed by atoms with Crippen LogP contribution in [0.1, 0.15) is 15.9 Å². The first-order valence-corrected chi connectivity index (χ1v) is 10.5. The summed E-state index contributed by atoms with van der Waals surface area (Å²) in [5.74, 6) is -3.08. The van der Waals surface area contributed by atoms with Crippen LogP contribution in [-0.4, -0.2) is 30.8 Å². The summed E-state index contributed by atoms with van der Waals surface area (Å²) in [5, 5.41) is 5.24. The molecule has 1 amide bonds. The van der Waals surface area contributed by atoms with Gasteiger partial charge in [0.25, 0.3) is 5.91 Å². The van der Waals surface area contributed by atoms with Crippen LogP contribution in [0.25, 0.3) is 22.4 Å². The molecule has 5 aromatic rings. The third-order valence-corrected chi connectivity index (χ3v) is 5.29. The number of aromatic nitrogens is 5. The Balaban J connectivity index is 1.43. The van der Waals surface area contributed by atoms with Gasteiger partial charge in [0, 0.05) is 23.0 Å². The molecule has 13 heteroatoms. The maximum absolute atomic E-state index is 14.5. The Labute approximate surface area is 204 Å². The molecule has 0 unspecified atom stereocenters. The lowest BCUT2D eigenvalue weighted by molar-refractivity contribution is -0.140. The fraction of sp³-hybridized carbons (Fsp3) is 0.0417. The van der Waals surface area contributed by atoms with Crippen molar-refractivity contribution >= 4 is 34.3 Å². The Morgan fingerprint density at radius 2 is 1.73 bits per heavy atom. The zero-order valence-electron chi connectivity index (χ0n) is 18.4. The molecule has 0 atom stereocenters. The summed E-state index contributed by atoms with van der Waals surface area (Å²) in [6.07, 6.45) is -0.646. The Kier molecular flexibility index (Phi) is 5.95. The summed E-state index contributed by atoms with van der Waals surface area (Å²) in [5.41, 5.74) is -0.0535. The normalized spacial score (nSPS) is 11.5. The first-order valence-electron chi connectivity index (χ1n) is 10.5. The van der Waals surface area contributed by atoms with Crippen LogP contribution in [0.5, 0.6) is 0 Å². The minimum absolute atomic E-state index is 0.305. The molecule has 3 heterocycles. The minimum atomic E-state index is -5.00. The zero-order chi connectivity index (χ0) is 26.2. The number of nitrogens with zero attached hydrogens (tertiary/aromatic N) is 4. The number of carbonyl (C=O) groups is 1. The number of H-pyrrole nitrogens is 1. The van der Waals surface area contributed by atoms with E-state index in [0.717, 1.165) is 12.1 Å². The maximum Gasteiger partial charge on any atom is 0.419 e. The molecule has 0 aliphatic heterocycles. The highest BCUT2D eigenvalue weighted by Crippen LogP contribution is 2.33. The molecule has 0 spiro atoms. The molecule has 5 rings (SSSR count). The van der Waals surface area contributed by atoms with Crippen LogP contribution < -0.4 is 10.6 Å². The molecule has 186 valence electrons. The summed E-state index contributed by atoms with van der Waals surface area (Å²) in [6, 6.07) is 8.87. The molecule has 0 fully saturated rings. The molecule has 3 aromatic heterocycles. The van der Waals surface area contributed by atoms with E-state index in [2.05, 4.69) is 35.6 Å². The first-order chi connectivity index (χ1) is 17.7. The molecule has 0 bridgehead atoms. The van der Waals surface area contributed by atoms with Crippen molar-refractivity contribution in [1.82, 2.24) is 24.9 Å². The predicted molar refractivity (Wildman–Crippen MR) is 124 cm³/mol. The van der Waals surface area contributed by atoms with E-state index in [9.17, 15) is 26.7 Å². The number of carbonyl (C=O) groups excluding carboxylic acids is 1. The number of benzene rings is 2. The summed E-state index contributed by atoms with van der Waals surface area (Å²) in [4.78, 5) is 32.4. The minimum Gasteiger partial charge on any atom is -0.340 e. The molecule has 2 aromatic carbocycles. The van der Waals surface area contributed by atoms with Crippen LogP contribution in [0.3, 0.4) is 0 Å². The van der Waals surface area contributed by atoms with E-state index in [0.29, 0.717) is 46.1 Å². The first kappa shape index (κ1) is 23.8. The van der Waals surface area contributed by atoms with Crippen LogP contribution in [0.15, 0.2) is 67.4 Å². The van der Waals surface area contributed by atoms with Crippen molar-refractivity contribution in [2.45, 2.75) is 6.18 Å². The summed E-state index contributed by atoms with van der Waals surface area (Å²) in [7, 11) is 0. The van der Waals surface area contributed by atoms with E-state index in [1.807, 2.05) is 0 Å². The van der Waals surface area contributed by atoms with Crippen molar-refractivity contribution in [3.63, 3.8) is 0 Å². The molecule has 0 aliphatic rings. The summed E-state index contributed by atoms with van der Waals surface area (Å²) in [6.45, 7) is 0. The fourth-order valence-corrected chi connectivity index (χ4v) is 3.57. The van der Waals surface area contributed by atoms with Gasteiger partial charge >= 0.3 is 6.18 Å². The second-order valence-corrected chi connectivity index (χ2v) is 7.69. The Bertz CT molecular complexity index is 1630. The van der Waals surface area contributed by atoms with Gasteiger partial charge in [-0.3, -0.25) is 4.79 Å². The highest BCUT2D eigenvalue weighted by atomic mass is 19.4. The van der Waals surface area contributed by atoms with Gasteiger partial charge < -0.3 is 15.6 Å². The van der Waals surface area contributed by atoms with Crippen LogP contribution in [-0.2, 0) is 6.18 Å². The SMILES string of the molecule is O=C(Nc1cc(Nc2ncccc2-c2ncnc3[nH]cnc23)ccc1F)c1ccc(F)c(C(F)(F)F)c1. The quantitative estimate of drug-likeness (QED) is 0.261. The lowest BCUT2D eigenvalue weighted by Gasteiger charge is -2.13. The van der Waals surface area contributed by atoms with Gasteiger partial charge in [-0.2, -0.15) is 13.2 Å². The van der Waals surface area contributed by atoms with Gasteiger partial charge in [-0.1, -0.05) is 0 Å². The Morgan fingerprint density at radius 3 is 2.54 bits per heavy atom. The van der Waals surface area contributed by atoms with Gasteiger partial charge in [0.2, 0.25) is 0 Å². The molecule has 0 aliphatic carbocycles. The number of rotatable bonds is 5. The third-order valence-electron chi connectivity index (χ3n) is 5.29. The van der Waals surface area contributed by atoms with E-state index in [1.54, 1.807) is 12.1 Å². The van der Waals surface area contributed by atoms with Crippen molar-refractivity contribution in [2.75, 3.05) is 10.6 Å². The van der Waals surface area contributed by atoms with Gasteiger partial charge in [0.15, 0.2) is 5.65 Å². The second-order valence-electron chi connectivity index (χ2n) is 7.69.